The van der Waals surface area contributed by atoms with Crippen LogP contribution in [-0.2, 0) is 42.2 Å². The Labute approximate surface area is 195 Å². The summed E-state index contributed by atoms with van der Waals surface area (Å²) in [7, 11) is 0. The van der Waals surface area contributed by atoms with Crippen molar-refractivity contribution < 1.29 is 42.2 Å². The summed E-state index contributed by atoms with van der Waals surface area (Å²) >= 11 is 0. The van der Waals surface area contributed by atoms with Gasteiger partial charge in [-0.05, 0) is 38.4 Å². The molecular formula is C21H24N5O2Y-. The minimum atomic E-state index is -0.0396. The Bertz CT molecular complexity index is 973. The van der Waals surface area contributed by atoms with Gasteiger partial charge in [-0.3, -0.25) is 4.98 Å². The van der Waals surface area contributed by atoms with Crippen molar-refractivity contribution in [2.24, 2.45) is 0 Å². The van der Waals surface area contributed by atoms with Gasteiger partial charge < -0.3 is 19.4 Å². The first kappa shape index (κ1) is 20.9. The molecule has 5 rings (SSSR count). The molecule has 0 spiro atoms. The van der Waals surface area contributed by atoms with Crippen LogP contribution in [-0.4, -0.2) is 52.2 Å². The van der Waals surface area contributed by atoms with Gasteiger partial charge in [-0.25, -0.2) is 4.68 Å². The van der Waals surface area contributed by atoms with Crippen LogP contribution in [0.15, 0.2) is 30.6 Å². The average Bonchev–Trinajstić information content (AvgIpc) is 3.24. The van der Waals surface area contributed by atoms with Gasteiger partial charge in [0.2, 0.25) is 0 Å². The van der Waals surface area contributed by atoms with Gasteiger partial charge in [-0.2, -0.15) is 5.10 Å². The Morgan fingerprint density at radius 2 is 2.10 bits per heavy atom. The molecule has 0 aromatic carbocycles. The van der Waals surface area contributed by atoms with Crippen LogP contribution in [0, 0.1) is 6.07 Å². The maximum atomic E-state index is 5.95. The molecule has 8 heteroatoms. The van der Waals surface area contributed by atoms with Crippen molar-refractivity contribution >= 4 is 16.7 Å². The molecule has 7 nitrogen and oxygen atoms in total. The van der Waals surface area contributed by atoms with Crippen molar-refractivity contribution in [2.45, 2.75) is 38.5 Å². The van der Waals surface area contributed by atoms with Gasteiger partial charge in [0, 0.05) is 69.4 Å². The minimum Gasteiger partial charge on any atom is -0.389 e. The van der Waals surface area contributed by atoms with Gasteiger partial charge in [-0.1, -0.05) is 0 Å². The van der Waals surface area contributed by atoms with Crippen LogP contribution in [0.25, 0.3) is 22.3 Å². The number of morpholine rings is 1. The van der Waals surface area contributed by atoms with E-state index in [1.165, 1.54) is 0 Å². The minimum absolute atomic E-state index is 0. The zero-order valence-corrected chi connectivity index (χ0v) is 19.5. The fraction of sp³-hybridized carbons (Fsp3) is 0.476. The smallest absolute Gasteiger partial charge is 0.150 e. The molecule has 2 fully saturated rings. The van der Waals surface area contributed by atoms with E-state index in [9.17, 15) is 0 Å². The molecule has 0 aliphatic carbocycles. The molecule has 3 aromatic heterocycles. The van der Waals surface area contributed by atoms with Gasteiger partial charge in [0.05, 0.1) is 24.6 Å². The molecular weight excluding hydrogens is 443 g/mol. The number of hydrogen-bond acceptors (Lipinski definition) is 6. The van der Waals surface area contributed by atoms with E-state index < -0.39 is 0 Å². The van der Waals surface area contributed by atoms with Crippen molar-refractivity contribution in [1.29, 1.82) is 0 Å². The van der Waals surface area contributed by atoms with Gasteiger partial charge in [0.1, 0.15) is 0 Å². The summed E-state index contributed by atoms with van der Waals surface area (Å²) in [6.45, 7) is 5.20. The maximum absolute atomic E-state index is 5.95. The second-order valence-electron chi connectivity index (χ2n) is 7.41. The monoisotopic (exact) mass is 467 g/mol. The third-order valence-electron chi connectivity index (χ3n) is 5.51. The van der Waals surface area contributed by atoms with Gasteiger partial charge >= 0.3 is 0 Å². The van der Waals surface area contributed by atoms with Gasteiger partial charge in [-0.15, -0.1) is 23.6 Å². The van der Waals surface area contributed by atoms with Crippen LogP contribution in [0.3, 0.4) is 0 Å². The number of pyridine rings is 2. The van der Waals surface area contributed by atoms with E-state index in [1.807, 2.05) is 35.3 Å². The zero-order valence-electron chi connectivity index (χ0n) is 16.6. The first-order valence-corrected chi connectivity index (χ1v) is 9.98. The molecule has 3 aromatic rings. The largest absolute Gasteiger partial charge is 0.389 e. The molecule has 1 unspecified atom stereocenters. The molecule has 1 radical (unpaired) electrons. The number of nitrogens with zero attached hydrogens (tertiary/aromatic N) is 5. The number of rotatable bonds is 3. The Morgan fingerprint density at radius 3 is 2.93 bits per heavy atom. The quantitative estimate of drug-likeness (QED) is 0.552. The number of anilines is 1. The first-order chi connectivity index (χ1) is 13.8. The fourth-order valence-electron chi connectivity index (χ4n) is 4.02. The molecule has 29 heavy (non-hydrogen) atoms. The summed E-state index contributed by atoms with van der Waals surface area (Å²) in [5, 5.41) is 5.49. The van der Waals surface area contributed by atoms with E-state index in [0.29, 0.717) is 6.61 Å². The van der Waals surface area contributed by atoms with Crippen LogP contribution in [0.5, 0.6) is 0 Å². The fourth-order valence-corrected chi connectivity index (χ4v) is 4.02. The number of fused-ring (bicyclic) bond motifs is 1. The zero-order chi connectivity index (χ0) is 18.9. The topological polar surface area (TPSA) is 65.3 Å². The average molecular weight is 467 g/mol. The van der Waals surface area contributed by atoms with Crippen molar-refractivity contribution in [3.05, 3.63) is 36.7 Å². The summed E-state index contributed by atoms with van der Waals surface area (Å²) in [5.41, 5.74) is 2.60. The van der Waals surface area contributed by atoms with Crippen molar-refractivity contribution in [2.75, 3.05) is 31.3 Å². The van der Waals surface area contributed by atoms with E-state index in [0.717, 1.165) is 67.1 Å². The Kier molecular flexibility index (Phi) is 6.59. The van der Waals surface area contributed by atoms with Crippen molar-refractivity contribution in [3.63, 3.8) is 0 Å². The Morgan fingerprint density at radius 1 is 1.17 bits per heavy atom. The molecule has 149 valence electrons. The second kappa shape index (κ2) is 9.17. The summed E-state index contributed by atoms with van der Waals surface area (Å²) in [6, 6.07) is 9.59. The molecule has 0 N–H and O–H groups in total. The number of hydrogen-bond donors (Lipinski definition) is 0. The van der Waals surface area contributed by atoms with Gasteiger partial charge in [0.15, 0.2) is 6.23 Å². The van der Waals surface area contributed by atoms with E-state index >= 15 is 0 Å². The van der Waals surface area contributed by atoms with Crippen LogP contribution < -0.4 is 4.90 Å². The molecule has 0 amide bonds. The number of ether oxygens (including phenoxy) is 2. The van der Waals surface area contributed by atoms with Gasteiger partial charge in [0.25, 0.3) is 0 Å². The third-order valence-corrected chi connectivity index (χ3v) is 5.51. The molecule has 2 aliphatic heterocycles. The first-order valence-electron chi connectivity index (χ1n) is 9.98. The predicted octanol–water partition coefficient (Wildman–Crippen LogP) is 3.22. The molecule has 2 atom stereocenters. The summed E-state index contributed by atoms with van der Waals surface area (Å²) in [5.74, 6) is 0.914. The number of aromatic nitrogens is 4. The van der Waals surface area contributed by atoms with E-state index in [-0.39, 0.29) is 45.0 Å². The van der Waals surface area contributed by atoms with Crippen LogP contribution in [0.4, 0.5) is 5.82 Å². The predicted molar refractivity (Wildman–Crippen MR) is 106 cm³/mol. The van der Waals surface area contributed by atoms with Crippen molar-refractivity contribution in [1.82, 2.24) is 19.7 Å². The van der Waals surface area contributed by atoms with E-state index in [1.54, 1.807) is 0 Å². The summed E-state index contributed by atoms with van der Waals surface area (Å²) in [6.07, 6.45) is 6.81. The third kappa shape index (κ3) is 4.11. The van der Waals surface area contributed by atoms with Crippen LogP contribution in [0.1, 0.15) is 32.4 Å². The molecule has 0 bridgehead atoms. The maximum Gasteiger partial charge on any atom is 0.150 e. The molecule has 0 saturated carbocycles. The summed E-state index contributed by atoms with van der Waals surface area (Å²) < 4.78 is 13.5. The Hall–Kier alpha value is -1.41. The molecule has 5 heterocycles. The molecule has 2 aliphatic rings. The second-order valence-corrected chi connectivity index (χ2v) is 7.41. The van der Waals surface area contributed by atoms with Crippen LogP contribution in [0.2, 0.25) is 0 Å². The standard InChI is InChI=1S/C21H24N5O2.Y/c1-15-14-27-13-11-25(15)18-6-5-16-7-9-22-21(20(16)24-18)17-8-10-23-26(17)19-4-2-3-12-28-19;/h6-10,15,19H,2-4,11-14H2,1H3;/q-1;/t15-,19?;/m1./s1. The summed E-state index contributed by atoms with van der Waals surface area (Å²) in [4.78, 5) is 11.9. The Balaban J connectivity index is 0.00000205. The van der Waals surface area contributed by atoms with Crippen LogP contribution >= 0.6 is 0 Å². The normalized spacial score (nSPS) is 22.4. The van der Waals surface area contributed by atoms with Crippen molar-refractivity contribution in [3.8, 4) is 11.4 Å². The SMILES string of the molecule is C[C@@H]1COCCN1c1c[c-]c2ccnc(-c3ccnn3C3CCCCO3)c2n1.[Y]. The van der Waals surface area contributed by atoms with E-state index in [2.05, 4.69) is 28.0 Å². The van der Waals surface area contributed by atoms with E-state index in [4.69, 9.17) is 14.5 Å². The molecule has 2 saturated heterocycles.